The lowest BCUT2D eigenvalue weighted by molar-refractivity contribution is 0.0698. The molecule has 1 aromatic rings. The molecular formula is C7H7ClN2O2. The van der Waals surface area contributed by atoms with E-state index in [1.54, 1.807) is 0 Å². The Hall–Kier alpha value is -1.42. The summed E-state index contributed by atoms with van der Waals surface area (Å²) < 4.78 is 0. The van der Waals surface area contributed by atoms with Gasteiger partial charge in [0.25, 0.3) is 0 Å². The number of benzene rings is 1. The molecule has 0 aliphatic heterocycles. The van der Waals surface area contributed by atoms with E-state index >= 15 is 0 Å². The molecule has 0 bridgehead atoms. The quantitative estimate of drug-likeness (QED) is 0.575. The predicted octanol–water partition coefficient (Wildman–Crippen LogP) is 1.20. The minimum atomic E-state index is -1.14. The average Bonchev–Trinajstić information content (AvgIpc) is 1.96. The number of aromatic carboxylic acids is 1. The van der Waals surface area contributed by atoms with Crippen LogP contribution in [0.25, 0.3) is 0 Å². The first-order chi connectivity index (χ1) is 5.52. The number of rotatable bonds is 1. The molecule has 0 heterocycles. The van der Waals surface area contributed by atoms with Gasteiger partial charge in [-0.05, 0) is 12.1 Å². The average molecular weight is 187 g/mol. The lowest BCUT2D eigenvalue weighted by atomic mass is 10.1. The van der Waals surface area contributed by atoms with Gasteiger partial charge in [-0.2, -0.15) is 0 Å². The van der Waals surface area contributed by atoms with Crippen LogP contribution in [-0.4, -0.2) is 11.1 Å². The maximum Gasteiger partial charge on any atom is 0.337 e. The molecule has 0 saturated heterocycles. The van der Waals surface area contributed by atoms with Gasteiger partial charge < -0.3 is 16.6 Å². The van der Waals surface area contributed by atoms with Gasteiger partial charge in [-0.1, -0.05) is 11.6 Å². The molecule has 0 radical (unpaired) electrons. The summed E-state index contributed by atoms with van der Waals surface area (Å²) >= 11 is 5.59. The minimum absolute atomic E-state index is 0.0402. The van der Waals surface area contributed by atoms with Crippen molar-refractivity contribution >= 4 is 28.9 Å². The van der Waals surface area contributed by atoms with Crippen molar-refractivity contribution in [3.8, 4) is 0 Å². The van der Waals surface area contributed by atoms with Gasteiger partial charge in [-0.25, -0.2) is 4.79 Å². The van der Waals surface area contributed by atoms with Crippen molar-refractivity contribution in [3.05, 3.63) is 22.7 Å². The predicted molar refractivity (Wildman–Crippen MR) is 47.2 cm³/mol. The van der Waals surface area contributed by atoms with E-state index in [0.29, 0.717) is 0 Å². The van der Waals surface area contributed by atoms with Crippen molar-refractivity contribution in [1.29, 1.82) is 0 Å². The van der Waals surface area contributed by atoms with Gasteiger partial charge in [-0.3, -0.25) is 0 Å². The van der Waals surface area contributed by atoms with E-state index in [1.807, 2.05) is 0 Å². The Balaban J connectivity index is 3.37. The van der Waals surface area contributed by atoms with Crippen LogP contribution < -0.4 is 11.5 Å². The molecule has 0 amide bonds. The zero-order valence-corrected chi connectivity index (χ0v) is 6.80. The van der Waals surface area contributed by atoms with Crippen molar-refractivity contribution in [3.63, 3.8) is 0 Å². The van der Waals surface area contributed by atoms with E-state index in [4.69, 9.17) is 28.2 Å². The minimum Gasteiger partial charge on any atom is -0.478 e. The number of hydrogen-bond acceptors (Lipinski definition) is 3. The fourth-order valence-electron chi connectivity index (χ4n) is 0.816. The third-order valence-corrected chi connectivity index (χ3v) is 1.69. The zero-order valence-electron chi connectivity index (χ0n) is 6.04. The molecule has 0 aromatic heterocycles. The molecule has 12 heavy (non-hydrogen) atoms. The smallest absolute Gasteiger partial charge is 0.337 e. The van der Waals surface area contributed by atoms with E-state index in [9.17, 15) is 4.79 Å². The van der Waals surface area contributed by atoms with Gasteiger partial charge in [0.15, 0.2) is 0 Å². The highest BCUT2D eigenvalue weighted by atomic mass is 35.5. The lowest BCUT2D eigenvalue weighted by Crippen LogP contribution is -2.04. The first-order valence-corrected chi connectivity index (χ1v) is 3.48. The highest BCUT2D eigenvalue weighted by Gasteiger charge is 2.11. The van der Waals surface area contributed by atoms with Crippen LogP contribution in [0.5, 0.6) is 0 Å². The fraction of sp³-hybridized carbons (Fsp3) is 0. The second kappa shape index (κ2) is 2.91. The Kier molecular flexibility index (Phi) is 2.10. The normalized spacial score (nSPS) is 9.75. The molecule has 4 nitrogen and oxygen atoms in total. The third-order valence-electron chi connectivity index (χ3n) is 1.38. The van der Waals surface area contributed by atoms with Crippen molar-refractivity contribution in [2.45, 2.75) is 0 Å². The van der Waals surface area contributed by atoms with Gasteiger partial charge in [0.2, 0.25) is 0 Å². The third kappa shape index (κ3) is 1.43. The van der Waals surface area contributed by atoms with Crippen LogP contribution in [0.1, 0.15) is 10.4 Å². The Labute approximate surface area is 73.7 Å². The second-order valence-corrected chi connectivity index (χ2v) is 2.68. The number of carboxylic acid groups (broad SMARTS) is 1. The number of nitrogen functional groups attached to an aromatic ring is 2. The summed E-state index contributed by atoms with van der Waals surface area (Å²) in [6, 6.07) is 2.67. The van der Waals surface area contributed by atoms with Crippen LogP contribution in [0, 0.1) is 0 Å². The molecule has 0 atom stereocenters. The molecule has 5 heteroatoms. The van der Waals surface area contributed by atoms with Gasteiger partial charge in [0.1, 0.15) is 0 Å². The van der Waals surface area contributed by atoms with E-state index in [1.165, 1.54) is 12.1 Å². The van der Waals surface area contributed by atoms with Gasteiger partial charge >= 0.3 is 5.97 Å². The van der Waals surface area contributed by atoms with E-state index in [-0.39, 0.29) is 22.0 Å². The van der Waals surface area contributed by atoms with Gasteiger partial charge in [0, 0.05) is 5.69 Å². The van der Waals surface area contributed by atoms with Gasteiger partial charge in [-0.15, -0.1) is 0 Å². The largest absolute Gasteiger partial charge is 0.478 e. The number of anilines is 2. The number of carboxylic acids is 1. The summed E-state index contributed by atoms with van der Waals surface area (Å²) in [5.41, 5.74) is 11.0. The first kappa shape index (κ1) is 8.67. The number of halogens is 1. The van der Waals surface area contributed by atoms with E-state index < -0.39 is 5.97 Å². The Bertz CT molecular complexity index is 338. The highest BCUT2D eigenvalue weighted by molar-refractivity contribution is 6.34. The molecule has 0 aliphatic carbocycles. The van der Waals surface area contributed by atoms with Crippen LogP contribution >= 0.6 is 11.6 Å². The maximum absolute atomic E-state index is 10.5. The van der Waals surface area contributed by atoms with Gasteiger partial charge in [0.05, 0.1) is 16.3 Å². The van der Waals surface area contributed by atoms with Crippen molar-refractivity contribution in [2.24, 2.45) is 0 Å². The summed E-state index contributed by atoms with van der Waals surface area (Å²) in [6.45, 7) is 0. The van der Waals surface area contributed by atoms with Crippen molar-refractivity contribution < 1.29 is 9.90 Å². The Morgan fingerprint density at radius 1 is 1.42 bits per heavy atom. The summed E-state index contributed by atoms with van der Waals surface area (Å²) in [7, 11) is 0. The number of hydrogen-bond donors (Lipinski definition) is 3. The molecule has 0 saturated carbocycles. The van der Waals surface area contributed by atoms with E-state index in [2.05, 4.69) is 0 Å². The summed E-state index contributed by atoms with van der Waals surface area (Å²) in [4.78, 5) is 10.5. The van der Waals surface area contributed by atoms with Crippen LogP contribution in [0.4, 0.5) is 11.4 Å². The van der Waals surface area contributed by atoms with Crippen molar-refractivity contribution in [1.82, 2.24) is 0 Å². The van der Waals surface area contributed by atoms with Crippen LogP contribution in [0.2, 0.25) is 5.02 Å². The lowest BCUT2D eigenvalue weighted by Gasteiger charge is -2.03. The SMILES string of the molecule is Nc1cc(Cl)c(N)c(C(=O)O)c1. The monoisotopic (exact) mass is 186 g/mol. The van der Waals surface area contributed by atoms with E-state index in [0.717, 1.165) is 0 Å². The first-order valence-electron chi connectivity index (χ1n) is 3.10. The summed E-state index contributed by atoms with van der Waals surface area (Å²) in [5.74, 6) is -1.14. The van der Waals surface area contributed by atoms with Crippen molar-refractivity contribution in [2.75, 3.05) is 11.5 Å². The molecule has 0 spiro atoms. The topological polar surface area (TPSA) is 89.3 Å². The summed E-state index contributed by atoms with van der Waals surface area (Å²) in [6.07, 6.45) is 0. The molecule has 1 rings (SSSR count). The Morgan fingerprint density at radius 2 is 2.00 bits per heavy atom. The number of carbonyl (C=O) groups is 1. The maximum atomic E-state index is 10.5. The van der Waals surface area contributed by atoms with Crippen LogP contribution in [0.15, 0.2) is 12.1 Å². The summed E-state index contributed by atoms with van der Waals surface area (Å²) in [5, 5.41) is 8.78. The molecule has 64 valence electrons. The van der Waals surface area contributed by atoms with Crippen LogP contribution in [-0.2, 0) is 0 Å². The highest BCUT2D eigenvalue weighted by Crippen LogP contribution is 2.25. The fourth-order valence-corrected chi connectivity index (χ4v) is 1.04. The molecule has 0 aliphatic rings. The number of nitrogens with two attached hydrogens (primary N) is 2. The molecule has 1 aromatic carbocycles. The molecule has 0 fully saturated rings. The Morgan fingerprint density at radius 3 is 2.50 bits per heavy atom. The molecule has 0 unspecified atom stereocenters. The molecular weight excluding hydrogens is 180 g/mol. The molecule has 5 N–H and O–H groups in total. The standard InChI is InChI=1S/C7H7ClN2O2/c8-5-2-3(9)1-4(6(5)10)7(11)12/h1-2H,9-10H2,(H,11,12). The second-order valence-electron chi connectivity index (χ2n) is 2.27. The van der Waals surface area contributed by atoms with Crippen LogP contribution in [0.3, 0.4) is 0 Å². The zero-order chi connectivity index (χ0) is 9.30.